The molecule has 2 aromatic rings. The molecule has 3 rings (SSSR count). The number of aliphatic hydroxyl groups excluding tert-OH is 2. The molecule has 1 aliphatic rings. The van der Waals surface area contributed by atoms with E-state index >= 15 is 0 Å². The van der Waals surface area contributed by atoms with Gasteiger partial charge in [-0.3, -0.25) is 32.5 Å². The molecule has 0 spiro atoms. The van der Waals surface area contributed by atoms with E-state index < -0.39 is 84.6 Å². The molecule has 1 aliphatic heterocycles. The van der Waals surface area contributed by atoms with E-state index in [-0.39, 0.29) is 41.6 Å². The lowest BCUT2D eigenvalue weighted by Gasteiger charge is -2.30. The van der Waals surface area contributed by atoms with E-state index in [0.717, 1.165) is 54.2 Å². The fourth-order valence-electron chi connectivity index (χ4n) is 7.43. The molecule has 3 heterocycles. The summed E-state index contributed by atoms with van der Waals surface area (Å²) in [6, 6.07) is 0. The van der Waals surface area contributed by atoms with Crippen molar-refractivity contribution in [1.29, 1.82) is 0 Å². The van der Waals surface area contributed by atoms with Crippen LogP contribution in [0.1, 0.15) is 143 Å². The molecule has 0 radical (unpaired) electrons. The number of anilines is 1. The second-order valence-electron chi connectivity index (χ2n) is 18.0. The first kappa shape index (κ1) is 60.9. The van der Waals surface area contributed by atoms with Crippen LogP contribution in [-0.4, -0.2) is 123 Å². The third kappa shape index (κ3) is 22.9. The lowest BCUT2D eigenvalue weighted by Crippen LogP contribution is -2.46. The van der Waals surface area contributed by atoms with E-state index in [2.05, 4.69) is 48.3 Å². The first-order valence-corrected chi connectivity index (χ1v) is 29.0. The Morgan fingerprint density at radius 2 is 1.48 bits per heavy atom. The zero-order valence-electron chi connectivity index (χ0n) is 40.0. The van der Waals surface area contributed by atoms with Gasteiger partial charge in [0.2, 0.25) is 11.8 Å². The Morgan fingerprint density at radius 3 is 2.12 bits per heavy atom. The molecule has 8 unspecified atom stereocenters. The van der Waals surface area contributed by atoms with E-state index in [1.165, 1.54) is 90.9 Å². The number of phosphoric acid groups is 3. The van der Waals surface area contributed by atoms with Gasteiger partial charge in [-0.1, -0.05) is 129 Å². The highest BCUT2D eigenvalue weighted by Gasteiger charge is 2.50. The number of carbonyl (C=O) groups excluding carboxylic acids is 3. The molecular formula is C41H74N7O17P3S. The van der Waals surface area contributed by atoms with E-state index in [0.29, 0.717) is 12.2 Å². The Morgan fingerprint density at radius 1 is 0.870 bits per heavy atom. The summed E-state index contributed by atoms with van der Waals surface area (Å²) in [6.45, 7) is 5.21. The summed E-state index contributed by atoms with van der Waals surface area (Å²) >= 11 is 1.16. The minimum atomic E-state index is -5.58. The molecule has 0 aliphatic carbocycles. The Balaban J connectivity index is 1.28. The van der Waals surface area contributed by atoms with Crippen molar-refractivity contribution in [3.05, 3.63) is 12.7 Å². The average Bonchev–Trinajstić information content (AvgIpc) is 3.83. The van der Waals surface area contributed by atoms with Crippen LogP contribution in [-0.2, 0) is 50.7 Å². The van der Waals surface area contributed by atoms with Gasteiger partial charge >= 0.3 is 23.5 Å². The van der Waals surface area contributed by atoms with Crippen LogP contribution in [0.25, 0.3) is 11.2 Å². The number of nitrogen functional groups attached to an aromatic ring is 1. The number of ether oxygens (including phenoxy) is 1. The van der Waals surface area contributed by atoms with Crippen LogP contribution in [0.4, 0.5) is 5.82 Å². The topological polar surface area (TPSA) is 364 Å². The fraction of sp³-hybridized carbons (Fsp3) is 0.805. The van der Waals surface area contributed by atoms with Crippen LogP contribution < -0.4 is 16.4 Å². The molecule has 0 saturated carbocycles. The second kappa shape index (κ2) is 29.9. The average molecular weight is 1060 g/mol. The normalized spacial score (nSPS) is 20.3. The number of hydrogen-bond acceptors (Lipinski definition) is 18. The molecule has 1 saturated heterocycles. The van der Waals surface area contributed by atoms with Gasteiger partial charge in [-0.25, -0.2) is 28.6 Å². The number of rotatable bonds is 36. The van der Waals surface area contributed by atoms with E-state index in [4.69, 9.17) is 19.5 Å². The first-order chi connectivity index (χ1) is 32.4. The third-order valence-electron chi connectivity index (χ3n) is 11.4. The van der Waals surface area contributed by atoms with Gasteiger partial charge < -0.3 is 50.9 Å². The van der Waals surface area contributed by atoms with Crippen molar-refractivity contribution in [3.63, 3.8) is 0 Å². The first-order valence-electron chi connectivity index (χ1n) is 23.5. The molecule has 396 valence electrons. The molecule has 0 bridgehead atoms. The Labute approximate surface area is 407 Å². The van der Waals surface area contributed by atoms with Gasteiger partial charge in [0.25, 0.3) is 0 Å². The molecule has 2 amide bonds. The maximum Gasteiger partial charge on any atom is 0.481 e. The van der Waals surface area contributed by atoms with Gasteiger partial charge in [0, 0.05) is 37.1 Å². The van der Waals surface area contributed by atoms with Gasteiger partial charge in [0.05, 0.1) is 19.5 Å². The van der Waals surface area contributed by atoms with Gasteiger partial charge in [-0.2, -0.15) is 4.31 Å². The van der Waals surface area contributed by atoms with Crippen LogP contribution in [0.15, 0.2) is 12.7 Å². The van der Waals surface area contributed by atoms with Crippen LogP contribution in [0, 0.1) is 11.3 Å². The minimum Gasteiger partial charge on any atom is -0.386 e. The Hall–Kier alpha value is -2.44. The number of amides is 2. The van der Waals surface area contributed by atoms with Crippen LogP contribution in [0.2, 0.25) is 0 Å². The van der Waals surface area contributed by atoms with Crippen molar-refractivity contribution in [1.82, 2.24) is 30.2 Å². The van der Waals surface area contributed by atoms with Gasteiger partial charge in [0.1, 0.15) is 36.3 Å². The standard InChI is InChI=1S/C41H74N7O17P3S/c1-5-6-15-18-29(2)19-16-13-11-9-7-8-10-12-14-17-20-32(50)69-24-23-43-31(49)21-22-44-39(53)36(52)41(3,4)26-62-68(59,60)65-67(57,58)61-25-30-35(64-66(54,55)56)34(51)40(63-30)48-28-47-33-37(42)45-27-46-38(33)48/h27-30,34-36,40,51-52H,5-26H2,1-4H3,(H,43,49)(H,44,53)(H,57,58)(H,59,60)(H2,42,45,46)(H2,54,55,56). The number of aromatic nitrogens is 4. The number of aliphatic hydroxyl groups is 2. The summed E-state index contributed by atoms with van der Waals surface area (Å²) in [5, 5.41) is 26.7. The molecular weight excluding hydrogens is 987 g/mol. The maximum absolute atomic E-state index is 12.8. The number of phosphoric ester groups is 3. The SMILES string of the molecule is CCCCCC(C)CCCCCCCCCCCCC(=O)SCCNC(=O)CCNC(=O)C(O)C(C)(C)COP(=O)(O)OP(=O)(O)OCC1OC(n2cnc3c(N)ncnc32)C(O)C1OP(=O)(O)O. The summed E-state index contributed by atoms with van der Waals surface area (Å²) in [7, 11) is -16.4. The molecule has 2 aromatic heterocycles. The number of thioether (sulfide) groups is 1. The van der Waals surface area contributed by atoms with E-state index in [1.54, 1.807) is 0 Å². The third-order valence-corrected chi connectivity index (χ3v) is 15.4. The molecule has 10 N–H and O–H groups in total. The summed E-state index contributed by atoms with van der Waals surface area (Å²) in [5.74, 6) is -0.168. The van der Waals surface area contributed by atoms with Crippen molar-refractivity contribution in [2.45, 2.75) is 167 Å². The van der Waals surface area contributed by atoms with Crippen molar-refractivity contribution in [2.24, 2.45) is 11.3 Å². The highest BCUT2D eigenvalue weighted by Crippen LogP contribution is 2.61. The lowest BCUT2D eigenvalue weighted by atomic mass is 9.87. The van der Waals surface area contributed by atoms with E-state index in [1.807, 2.05) is 0 Å². The zero-order chi connectivity index (χ0) is 51.3. The quantitative estimate of drug-likeness (QED) is 0.0298. The predicted molar refractivity (Wildman–Crippen MR) is 256 cm³/mol. The monoisotopic (exact) mass is 1060 g/mol. The van der Waals surface area contributed by atoms with Gasteiger partial charge in [-0.15, -0.1) is 0 Å². The maximum atomic E-state index is 12.8. The molecule has 24 nitrogen and oxygen atoms in total. The number of nitrogens with zero attached hydrogens (tertiary/aromatic N) is 4. The molecule has 1 fully saturated rings. The number of imidazole rings is 1. The number of unbranched alkanes of at least 4 members (excludes halogenated alkanes) is 11. The number of nitrogens with one attached hydrogen (secondary N) is 2. The largest absolute Gasteiger partial charge is 0.481 e. The second-order valence-corrected chi connectivity index (χ2v) is 23.4. The van der Waals surface area contributed by atoms with Crippen molar-refractivity contribution < 1.29 is 80.5 Å². The van der Waals surface area contributed by atoms with Gasteiger partial charge in [-0.05, 0) is 12.3 Å². The van der Waals surface area contributed by atoms with Crippen molar-refractivity contribution in [3.8, 4) is 0 Å². The van der Waals surface area contributed by atoms with Gasteiger partial charge in [0.15, 0.2) is 22.8 Å². The zero-order valence-corrected chi connectivity index (χ0v) is 43.5. The summed E-state index contributed by atoms with van der Waals surface area (Å²) < 4.78 is 62.5. The highest BCUT2D eigenvalue weighted by atomic mass is 32.2. The molecule has 8 atom stereocenters. The fourth-order valence-corrected chi connectivity index (χ4v) is 11.0. The highest BCUT2D eigenvalue weighted by molar-refractivity contribution is 8.13. The number of carbonyl (C=O) groups is 3. The van der Waals surface area contributed by atoms with Crippen LogP contribution in [0.3, 0.4) is 0 Å². The Bertz CT molecular complexity index is 2050. The molecule has 0 aromatic carbocycles. The molecule has 28 heteroatoms. The number of hydrogen-bond donors (Lipinski definition) is 9. The molecule has 69 heavy (non-hydrogen) atoms. The van der Waals surface area contributed by atoms with Crippen molar-refractivity contribution >= 4 is 69.1 Å². The summed E-state index contributed by atoms with van der Waals surface area (Å²) in [4.78, 5) is 88.5. The predicted octanol–water partition coefficient (Wildman–Crippen LogP) is 5.56. The minimum absolute atomic E-state index is 0.0340. The lowest BCUT2D eigenvalue weighted by molar-refractivity contribution is -0.137. The summed E-state index contributed by atoms with van der Waals surface area (Å²) in [6.07, 6.45) is 12.3. The smallest absolute Gasteiger partial charge is 0.386 e. The number of fused-ring (bicyclic) bond motifs is 1. The van der Waals surface area contributed by atoms with Crippen LogP contribution >= 0.6 is 35.2 Å². The van der Waals surface area contributed by atoms with E-state index in [9.17, 15) is 57.9 Å². The Kier molecular flexibility index (Phi) is 26.4. The number of nitrogens with two attached hydrogens (primary N) is 1. The summed E-state index contributed by atoms with van der Waals surface area (Å²) in [5.41, 5.74) is 4.29. The van der Waals surface area contributed by atoms with Crippen LogP contribution in [0.5, 0.6) is 0 Å². The van der Waals surface area contributed by atoms with Crippen molar-refractivity contribution in [2.75, 3.05) is 37.8 Å².